The molecule has 1 atom stereocenters. The first-order valence-corrected chi connectivity index (χ1v) is 9.80. The summed E-state index contributed by atoms with van der Waals surface area (Å²) < 4.78 is 2.59. The number of benzene rings is 1. The highest BCUT2D eigenvalue weighted by Crippen LogP contribution is 2.37. The van der Waals surface area contributed by atoms with E-state index < -0.39 is 5.91 Å². The van der Waals surface area contributed by atoms with Crippen molar-refractivity contribution in [3.63, 3.8) is 0 Å². The van der Waals surface area contributed by atoms with Gasteiger partial charge in [-0.15, -0.1) is 16.4 Å². The van der Waals surface area contributed by atoms with Crippen molar-refractivity contribution in [2.24, 2.45) is 11.7 Å². The predicted molar refractivity (Wildman–Crippen MR) is 106 cm³/mol. The molecule has 1 amide bonds. The Bertz CT molecular complexity index is 973. The molecule has 0 saturated carbocycles. The molecule has 1 aliphatic rings. The van der Waals surface area contributed by atoms with Crippen molar-refractivity contribution >= 4 is 50.7 Å². The molecule has 26 heavy (non-hydrogen) atoms. The van der Waals surface area contributed by atoms with Gasteiger partial charge < -0.3 is 5.73 Å². The highest BCUT2D eigenvalue weighted by Gasteiger charge is 2.24. The van der Waals surface area contributed by atoms with Crippen molar-refractivity contribution in [1.29, 1.82) is 0 Å². The van der Waals surface area contributed by atoms with Crippen LogP contribution in [0.15, 0.2) is 30.3 Å². The number of nitrogens with two attached hydrogens (primary N) is 1. The molecule has 0 bridgehead atoms. The van der Waals surface area contributed by atoms with E-state index in [9.17, 15) is 4.79 Å². The normalized spacial score (nSPS) is 17.8. The fourth-order valence-corrected chi connectivity index (χ4v) is 4.88. The highest BCUT2D eigenvalue weighted by atomic mass is 35.5. The zero-order chi connectivity index (χ0) is 18.3. The summed E-state index contributed by atoms with van der Waals surface area (Å²) in [7, 11) is 0. The molecule has 0 radical (unpaired) electrons. The van der Waals surface area contributed by atoms with E-state index in [0.29, 0.717) is 10.9 Å². The van der Waals surface area contributed by atoms with E-state index >= 15 is 0 Å². The molecule has 1 aromatic carbocycles. The number of amides is 1. The minimum atomic E-state index is -0.564. The van der Waals surface area contributed by atoms with Gasteiger partial charge in [0.25, 0.3) is 5.91 Å². The van der Waals surface area contributed by atoms with Crippen LogP contribution in [0.5, 0.6) is 0 Å². The summed E-state index contributed by atoms with van der Waals surface area (Å²) in [4.78, 5) is 12.8. The summed E-state index contributed by atoms with van der Waals surface area (Å²) >= 11 is 13.6. The van der Waals surface area contributed by atoms with Gasteiger partial charge in [0, 0.05) is 28.4 Å². The van der Waals surface area contributed by atoms with Gasteiger partial charge in [0.2, 0.25) is 0 Å². The van der Waals surface area contributed by atoms with Gasteiger partial charge in [-0.25, -0.2) is 4.42 Å². The van der Waals surface area contributed by atoms with Gasteiger partial charge in [0.1, 0.15) is 0 Å². The molecule has 2 N–H and O–H groups in total. The quantitative estimate of drug-likeness (QED) is 0.661. The first-order valence-electron chi connectivity index (χ1n) is 8.27. The second-order valence-corrected chi connectivity index (χ2v) is 8.41. The van der Waals surface area contributed by atoms with Crippen LogP contribution in [0, 0.1) is 5.92 Å². The van der Waals surface area contributed by atoms with Crippen LogP contribution in [0.25, 0.3) is 20.5 Å². The summed E-state index contributed by atoms with van der Waals surface area (Å²) in [6.07, 6.45) is 1.81. The lowest BCUT2D eigenvalue weighted by atomic mass is 10.00. The van der Waals surface area contributed by atoms with Gasteiger partial charge in [-0.3, -0.25) is 4.79 Å². The van der Waals surface area contributed by atoms with Crippen LogP contribution in [0.1, 0.15) is 22.6 Å². The molecular formula is C18H16Cl2N4OS. The number of carbonyl (C=O) groups excluding carboxylic acids is 1. The predicted octanol–water partition coefficient (Wildman–Crippen LogP) is 4.13. The zero-order valence-electron chi connectivity index (χ0n) is 13.8. The minimum Gasteiger partial charge on any atom is -0.364 e. The number of fused-ring (bicyclic) bond motifs is 1. The number of carbonyl (C=O) groups is 1. The van der Waals surface area contributed by atoms with Crippen molar-refractivity contribution in [2.45, 2.75) is 12.8 Å². The molecule has 5 nitrogen and oxygen atoms in total. The molecule has 8 heteroatoms. The monoisotopic (exact) mass is 406 g/mol. The minimum absolute atomic E-state index is 0.222. The highest BCUT2D eigenvalue weighted by molar-refractivity contribution is 7.22. The lowest BCUT2D eigenvalue weighted by Gasteiger charge is -2.09. The number of thiophene rings is 1. The second kappa shape index (κ2) is 7.12. The van der Waals surface area contributed by atoms with Crippen LogP contribution in [0.4, 0.5) is 0 Å². The second-order valence-electron chi connectivity index (χ2n) is 6.45. The Hall–Kier alpha value is -1.73. The molecule has 1 saturated heterocycles. The van der Waals surface area contributed by atoms with E-state index in [1.807, 2.05) is 24.3 Å². The topological polar surface area (TPSA) is 72.1 Å². The Balaban J connectivity index is 1.79. The van der Waals surface area contributed by atoms with Crippen molar-refractivity contribution in [1.82, 2.24) is 14.6 Å². The fourth-order valence-electron chi connectivity index (χ4n) is 3.28. The summed E-state index contributed by atoms with van der Waals surface area (Å²) in [5, 5.41) is 10.0. The van der Waals surface area contributed by atoms with Crippen LogP contribution in [-0.2, 0) is 6.42 Å². The maximum Gasteiger partial charge on any atom is 0.270 e. The van der Waals surface area contributed by atoms with Gasteiger partial charge in [-0.1, -0.05) is 23.7 Å². The van der Waals surface area contributed by atoms with E-state index in [1.165, 1.54) is 11.3 Å². The smallest absolute Gasteiger partial charge is 0.270 e. The van der Waals surface area contributed by atoms with Crippen molar-refractivity contribution in [2.75, 3.05) is 13.1 Å². The number of primary amides is 1. The van der Waals surface area contributed by atoms with Gasteiger partial charge in [0.15, 0.2) is 5.69 Å². The maximum absolute atomic E-state index is 11.8. The first kappa shape index (κ1) is 17.7. The van der Waals surface area contributed by atoms with Crippen LogP contribution in [0.2, 0.25) is 5.02 Å². The number of hydrogen-bond donors (Lipinski definition) is 1. The molecule has 1 unspecified atom stereocenters. The molecular weight excluding hydrogens is 391 g/mol. The lowest BCUT2D eigenvalue weighted by molar-refractivity contribution is 0.0996. The molecule has 0 spiro atoms. The number of rotatable bonds is 4. The summed E-state index contributed by atoms with van der Waals surface area (Å²) in [6, 6.07) is 9.68. The summed E-state index contributed by atoms with van der Waals surface area (Å²) in [5.41, 5.74) is 7.64. The van der Waals surface area contributed by atoms with Gasteiger partial charge >= 0.3 is 0 Å². The van der Waals surface area contributed by atoms with Crippen LogP contribution in [-0.4, -0.2) is 33.6 Å². The molecule has 1 fully saturated rings. The molecule has 0 aliphatic carbocycles. The number of halogens is 2. The molecule has 3 aromatic rings. The standard InChI is InChI=1S/C18H16Cl2N4OS/c19-12-3-1-11(2-4-12)15-8-13-14(7-10-5-6-24(20)9-10)22-23-16(18(21)25)17(13)26-15/h1-4,8,10H,5-7,9H2,(H2,21,25). The fraction of sp³-hybridized carbons (Fsp3) is 0.278. The van der Waals surface area contributed by atoms with Crippen molar-refractivity contribution < 1.29 is 4.79 Å². The average Bonchev–Trinajstić information content (AvgIpc) is 3.22. The summed E-state index contributed by atoms with van der Waals surface area (Å²) in [6.45, 7) is 1.71. The van der Waals surface area contributed by atoms with E-state index in [4.69, 9.17) is 29.1 Å². The Labute approximate surface area is 164 Å². The largest absolute Gasteiger partial charge is 0.364 e. The van der Waals surface area contributed by atoms with Crippen molar-refractivity contribution in [3.05, 3.63) is 46.7 Å². The Morgan fingerprint density at radius 3 is 2.73 bits per heavy atom. The Kier molecular flexibility index (Phi) is 4.84. The first-order chi connectivity index (χ1) is 12.5. The van der Waals surface area contributed by atoms with E-state index in [2.05, 4.69) is 16.3 Å². The third-order valence-electron chi connectivity index (χ3n) is 4.61. The lowest BCUT2D eigenvalue weighted by Crippen LogP contribution is -2.16. The molecule has 3 heterocycles. The maximum atomic E-state index is 11.8. The zero-order valence-corrected chi connectivity index (χ0v) is 16.1. The SMILES string of the molecule is NC(=O)c1nnc(CC2CCN(Cl)C2)c2cc(-c3ccc(Cl)cc3)sc12. The number of hydrogen-bond acceptors (Lipinski definition) is 5. The molecule has 2 aromatic heterocycles. The van der Waals surface area contributed by atoms with Gasteiger partial charge in [-0.2, -0.15) is 5.10 Å². The third-order valence-corrected chi connectivity index (χ3v) is 6.36. The summed E-state index contributed by atoms with van der Waals surface area (Å²) in [5.74, 6) is -0.130. The van der Waals surface area contributed by atoms with Crippen LogP contribution < -0.4 is 5.73 Å². The van der Waals surface area contributed by atoms with Gasteiger partial charge in [-0.05, 0) is 54.3 Å². The Morgan fingerprint density at radius 2 is 2.08 bits per heavy atom. The molecule has 134 valence electrons. The Morgan fingerprint density at radius 1 is 1.31 bits per heavy atom. The number of nitrogens with zero attached hydrogens (tertiary/aromatic N) is 3. The van der Waals surface area contributed by atoms with E-state index in [0.717, 1.165) is 52.2 Å². The third kappa shape index (κ3) is 3.42. The van der Waals surface area contributed by atoms with E-state index in [-0.39, 0.29) is 5.69 Å². The van der Waals surface area contributed by atoms with Crippen LogP contribution in [0.3, 0.4) is 0 Å². The van der Waals surface area contributed by atoms with E-state index in [1.54, 1.807) is 4.42 Å². The van der Waals surface area contributed by atoms with Crippen LogP contribution >= 0.6 is 34.7 Å². The van der Waals surface area contributed by atoms with Crippen molar-refractivity contribution in [3.8, 4) is 10.4 Å². The molecule has 1 aliphatic heterocycles. The number of aromatic nitrogens is 2. The molecule has 4 rings (SSSR count). The average molecular weight is 407 g/mol. The van der Waals surface area contributed by atoms with Gasteiger partial charge in [0.05, 0.1) is 10.4 Å².